The van der Waals surface area contributed by atoms with Crippen LogP contribution in [0.2, 0.25) is 0 Å². The molecule has 0 unspecified atom stereocenters. The molecule has 0 aromatic heterocycles. The van der Waals surface area contributed by atoms with E-state index in [-0.39, 0.29) is 18.4 Å². The SMILES string of the molecule is CCCC1(CCC)NC(=O)N(CC(=O)N(CC)Cc2ccc(OC)c(OC)c2)C1=O. The Bertz CT molecular complexity index is 774. The zero-order valence-electron chi connectivity index (χ0n) is 18.6. The molecular weight excluding hydrogens is 386 g/mol. The smallest absolute Gasteiger partial charge is 0.325 e. The summed E-state index contributed by atoms with van der Waals surface area (Å²) in [5.74, 6) is 0.612. The van der Waals surface area contributed by atoms with Crippen molar-refractivity contribution in [2.45, 2.75) is 58.5 Å². The number of carbonyl (C=O) groups excluding carboxylic acids is 3. The van der Waals surface area contributed by atoms with Gasteiger partial charge in [-0.25, -0.2) is 4.79 Å². The number of imide groups is 1. The Hall–Kier alpha value is -2.77. The van der Waals surface area contributed by atoms with E-state index in [2.05, 4.69) is 5.32 Å². The minimum Gasteiger partial charge on any atom is -0.493 e. The van der Waals surface area contributed by atoms with Crippen LogP contribution in [-0.4, -0.2) is 60.5 Å². The lowest BCUT2D eigenvalue weighted by Crippen LogP contribution is -2.47. The fourth-order valence-corrected chi connectivity index (χ4v) is 3.95. The van der Waals surface area contributed by atoms with Gasteiger partial charge in [0.1, 0.15) is 12.1 Å². The normalized spacial score (nSPS) is 15.2. The Balaban J connectivity index is 2.13. The third kappa shape index (κ3) is 4.86. The van der Waals surface area contributed by atoms with Crippen LogP contribution < -0.4 is 14.8 Å². The van der Waals surface area contributed by atoms with E-state index >= 15 is 0 Å². The summed E-state index contributed by atoms with van der Waals surface area (Å²) in [5.41, 5.74) is -0.0206. The predicted octanol–water partition coefficient (Wildman–Crippen LogP) is 2.94. The standard InChI is InChI=1S/C22H33N3O5/c1-6-11-22(12-7-2)20(27)25(21(28)23-22)15-19(26)24(8-3)14-16-9-10-17(29-4)18(13-16)30-5/h9-10,13H,6-8,11-12,14-15H2,1-5H3,(H,23,28). The molecule has 1 aromatic carbocycles. The molecule has 166 valence electrons. The number of hydrogen-bond donors (Lipinski definition) is 1. The van der Waals surface area contributed by atoms with Gasteiger partial charge in [0.15, 0.2) is 11.5 Å². The van der Waals surface area contributed by atoms with Crippen LogP contribution in [0.3, 0.4) is 0 Å². The Kier molecular flexibility index (Phi) is 8.08. The Labute approximate surface area is 178 Å². The Morgan fingerprint density at radius 3 is 2.23 bits per heavy atom. The number of rotatable bonds is 11. The van der Waals surface area contributed by atoms with Crippen molar-refractivity contribution in [1.82, 2.24) is 15.1 Å². The molecule has 1 heterocycles. The third-order valence-corrected chi connectivity index (χ3v) is 5.45. The van der Waals surface area contributed by atoms with Gasteiger partial charge in [-0.3, -0.25) is 14.5 Å². The zero-order valence-corrected chi connectivity index (χ0v) is 18.6. The van der Waals surface area contributed by atoms with Crippen LogP contribution in [0.5, 0.6) is 11.5 Å². The molecule has 0 radical (unpaired) electrons. The van der Waals surface area contributed by atoms with Crippen LogP contribution in [0.1, 0.15) is 52.0 Å². The van der Waals surface area contributed by atoms with Gasteiger partial charge in [0, 0.05) is 13.1 Å². The van der Waals surface area contributed by atoms with Crippen LogP contribution in [0.15, 0.2) is 18.2 Å². The van der Waals surface area contributed by atoms with Gasteiger partial charge in [-0.15, -0.1) is 0 Å². The van der Waals surface area contributed by atoms with Crippen molar-refractivity contribution >= 4 is 17.8 Å². The number of carbonyl (C=O) groups is 3. The predicted molar refractivity (Wildman–Crippen MR) is 113 cm³/mol. The Morgan fingerprint density at radius 2 is 1.70 bits per heavy atom. The fraction of sp³-hybridized carbons (Fsp3) is 0.591. The maximum Gasteiger partial charge on any atom is 0.325 e. The van der Waals surface area contributed by atoms with Crippen molar-refractivity contribution in [3.63, 3.8) is 0 Å². The molecule has 0 aliphatic carbocycles. The average molecular weight is 420 g/mol. The molecule has 1 saturated heterocycles. The molecule has 1 N–H and O–H groups in total. The lowest BCUT2D eigenvalue weighted by atomic mass is 9.88. The van der Waals surface area contributed by atoms with E-state index in [0.29, 0.717) is 37.4 Å². The van der Waals surface area contributed by atoms with E-state index in [1.807, 2.05) is 32.9 Å². The van der Waals surface area contributed by atoms with Crippen molar-refractivity contribution < 1.29 is 23.9 Å². The molecule has 0 bridgehead atoms. The molecule has 8 heteroatoms. The lowest BCUT2D eigenvalue weighted by molar-refractivity contribution is -0.139. The van der Waals surface area contributed by atoms with Gasteiger partial charge < -0.3 is 19.7 Å². The van der Waals surface area contributed by atoms with E-state index in [1.165, 1.54) is 0 Å². The topological polar surface area (TPSA) is 88.2 Å². The first-order chi connectivity index (χ1) is 14.3. The monoisotopic (exact) mass is 419 g/mol. The second-order valence-corrected chi connectivity index (χ2v) is 7.50. The highest BCUT2D eigenvalue weighted by molar-refractivity contribution is 6.09. The second-order valence-electron chi connectivity index (χ2n) is 7.50. The average Bonchev–Trinajstić information content (AvgIpc) is 2.96. The van der Waals surface area contributed by atoms with Crippen molar-refractivity contribution in [3.05, 3.63) is 23.8 Å². The first-order valence-corrected chi connectivity index (χ1v) is 10.5. The highest BCUT2D eigenvalue weighted by Crippen LogP contribution is 2.29. The largest absolute Gasteiger partial charge is 0.493 e. The molecule has 30 heavy (non-hydrogen) atoms. The molecule has 1 aromatic rings. The minimum absolute atomic E-state index is 0.263. The first kappa shape index (κ1) is 23.5. The highest BCUT2D eigenvalue weighted by atomic mass is 16.5. The number of amides is 4. The molecule has 1 aliphatic heterocycles. The van der Waals surface area contributed by atoms with Gasteiger partial charge in [-0.05, 0) is 37.5 Å². The minimum atomic E-state index is -0.888. The van der Waals surface area contributed by atoms with Crippen LogP contribution in [0.25, 0.3) is 0 Å². The molecular formula is C22H33N3O5. The third-order valence-electron chi connectivity index (χ3n) is 5.45. The second kappa shape index (κ2) is 10.3. The van der Waals surface area contributed by atoms with E-state index in [1.54, 1.807) is 25.2 Å². The van der Waals surface area contributed by atoms with E-state index in [0.717, 1.165) is 23.3 Å². The first-order valence-electron chi connectivity index (χ1n) is 10.5. The van der Waals surface area contributed by atoms with Crippen LogP contribution in [0, 0.1) is 0 Å². The van der Waals surface area contributed by atoms with Crippen LogP contribution in [0.4, 0.5) is 4.79 Å². The van der Waals surface area contributed by atoms with Gasteiger partial charge in [0.25, 0.3) is 5.91 Å². The van der Waals surface area contributed by atoms with Crippen molar-refractivity contribution in [1.29, 1.82) is 0 Å². The number of hydrogen-bond acceptors (Lipinski definition) is 5. The number of likely N-dealkylation sites (N-methyl/N-ethyl adjacent to an activating group) is 1. The molecule has 1 aliphatic rings. The number of ether oxygens (including phenoxy) is 2. The fourth-order valence-electron chi connectivity index (χ4n) is 3.95. The number of urea groups is 1. The zero-order chi connectivity index (χ0) is 22.3. The van der Waals surface area contributed by atoms with Gasteiger partial charge in [0.2, 0.25) is 5.91 Å². The summed E-state index contributed by atoms with van der Waals surface area (Å²) in [6, 6.07) is 4.97. The number of benzene rings is 1. The van der Waals surface area contributed by atoms with Gasteiger partial charge in [-0.2, -0.15) is 0 Å². The molecule has 4 amide bonds. The lowest BCUT2D eigenvalue weighted by Gasteiger charge is -2.26. The summed E-state index contributed by atoms with van der Waals surface area (Å²) in [6.07, 6.45) is 2.68. The molecule has 0 spiro atoms. The molecule has 2 rings (SSSR count). The summed E-state index contributed by atoms with van der Waals surface area (Å²) >= 11 is 0. The molecule has 0 saturated carbocycles. The number of nitrogens with one attached hydrogen (secondary N) is 1. The highest BCUT2D eigenvalue weighted by Gasteiger charge is 2.50. The van der Waals surface area contributed by atoms with E-state index in [9.17, 15) is 14.4 Å². The quantitative estimate of drug-likeness (QED) is 0.557. The summed E-state index contributed by atoms with van der Waals surface area (Å²) < 4.78 is 10.6. The van der Waals surface area contributed by atoms with Crippen molar-refractivity contribution in [2.75, 3.05) is 27.3 Å². The van der Waals surface area contributed by atoms with E-state index in [4.69, 9.17) is 9.47 Å². The molecule has 8 nitrogen and oxygen atoms in total. The number of methoxy groups -OCH3 is 2. The summed E-state index contributed by atoms with van der Waals surface area (Å²) in [4.78, 5) is 41.1. The summed E-state index contributed by atoms with van der Waals surface area (Å²) in [6.45, 7) is 6.35. The van der Waals surface area contributed by atoms with Crippen LogP contribution >= 0.6 is 0 Å². The number of nitrogens with zero attached hydrogens (tertiary/aromatic N) is 2. The summed E-state index contributed by atoms with van der Waals surface area (Å²) in [7, 11) is 3.12. The van der Waals surface area contributed by atoms with Crippen molar-refractivity contribution in [3.8, 4) is 11.5 Å². The Morgan fingerprint density at radius 1 is 1.07 bits per heavy atom. The van der Waals surface area contributed by atoms with Crippen molar-refractivity contribution in [2.24, 2.45) is 0 Å². The van der Waals surface area contributed by atoms with Gasteiger partial charge >= 0.3 is 6.03 Å². The summed E-state index contributed by atoms with van der Waals surface area (Å²) in [5, 5.41) is 2.85. The molecule has 1 fully saturated rings. The maximum absolute atomic E-state index is 13.0. The maximum atomic E-state index is 13.0. The van der Waals surface area contributed by atoms with Crippen LogP contribution in [-0.2, 0) is 16.1 Å². The van der Waals surface area contributed by atoms with E-state index < -0.39 is 11.6 Å². The van der Waals surface area contributed by atoms with Gasteiger partial charge in [0.05, 0.1) is 14.2 Å². The van der Waals surface area contributed by atoms with Gasteiger partial charge in [-0.1, -0.05) is 32.8 Å². The molecule has 0 atom stereocenters.